The van der Waals surface area contributed by atoms with E-state index in [9.17, 15) is 0 Å². The Hall–Kier alpha value is -1.80. The van der Waals surface area contributed by atoms with Gasteiger partial charge < -0.3 is 9.64 Å². The van der Waals surface area contributed by atoms with E-state index in [1.54, 1.807) is 0 Å². The van der Waals surface area contributed by atoms with Gasteiger partial charge in [0, 0.05) is 6.04 Å². The lowest BCUT2D eigenvalue weighted by molar-refractivity contribution is 0.153. The zero-order valence-electron chi connectivity index (χ0n) is 16.2. The van der Waals surface area contributed by atoms with Crippen LogP contribution in [0.5, 0.6) is 5.75 Å². The first kappa shape index (κ1) is 19.0. The van der Waals surface area contributed by atoms with Crippen molar-refractivity contribution in [2.24, 2.45) is 0 Å². The van der Waals surface area contributed by atoms with E-state index in [0.29, 0.717) is 6.04 Å². The average Bonchev–Trinajstić information content (AvgIpc) is 2.68. The zero-order chi connectivity index (χ0) is 18.0. The molecule has 0 bridgehead atoms. The lowest BCUT2D eigenvalue weighted by Gasteiger charge is -2.32. The average molecular weight is 352 g/mol. The number of likely N-dealkylation sites (tertiary alicyclic amines) is 1. The SMILES string of the molecule is CN1CCCCC1CCOc1ccccc1CCCCc1ccccc1. The molecule has 0 saturated carbocycles. The summed E-state index contributed by atoms with van der Waals surface area (Å²) in [5, 5.41) is 0. The van der Waals surface area contributed by atoms with Gasteiger partial charge in [0.2, 0.25) is 0 Å². The van der Waals surface area contributed by atoms with Gasteiger partial charge in [-0.3, -0.25) is 0 Å². The molecule has 0 N–H and O–H groups in total. The van der Waals surface area contributed by atoms with Gasteiger partial charge in [-0.1, -0.05) is 55.0 Å². The Morgan fingerprint density at radius 2 is 1.69 bits per heavy atom. The molecular formula is C24H33NO. The number of rotatable bonds is 9. The van der Waals surface area contributed by atoms with Gasteiger partial charge in [0.15, 0.2) is 0 Å². The molecule has 1 saturated heterocycles. The van der Waals surface area contributed by atoms with Crippen molar-refractivity contribution in [2.45, 2.75) is 57.4 Å². The molecule has 1 aliphatic heterocycles. The van der Waals surface area contributed by atoms with Crippen LogP contribution in [0.3, 0.4) is 0 Å². The van der Waals surface area contributed by atoms with Crippen LogP contribution in [0.15, 0.2) is 54.6 Å². The van der Waals surface area contributed by atoms with E-state index in [4.69, 9.17) is 4.74 Å². The molecule has 0 spiro atoms. The third-order valence-corrected chi connectivity index (χ3v) is 5.61. The first-order valence-electron chi connectivity index (χ1n) is 10.3. The quantitative estimate of drug-likeness (QED) is 0.553. The number of hydrogen-bond acceptors (Lipinski definition) is 2. The van der Waals surface area contributed by atoms with Gasteiger partial charge in [-0.05, 0) is 75.7 Å². The Balaban J connectivity index is 1.42. The molecular weight excluding hydrogens is 318 g/mol. The highest BCUT2D eigenvalue weighted by Crippen LogP contribution is 2.22. The lowest BCUT2D eigenvalue weighted by Crippen LogP contribution is -2.37. The van der Waals surface area contributed by atoms with E-state index in [1.165, 1.54) is 49.8 Å². The smallest absolute Gasteiger partial charge is 0.122 e. The molecule has 1 heterocycles. The van der Waals surface area contributed by atoms with E-state index in [-0.39, 0.29) is 0 Å². The third kappa shape index (κ3) is 5.88. The molecule has 0 aliphatic carbocycles. The number of para-hydroxylation sites is 1. The molecule has 1 fully saturated rings. The molecule has 1 atom stereocenters. The highest BCUT2D eigenvalue weighted by atomic mass is 16.5. The first-order chi connectivity index (χ1) is 12.8. The van der Waals surface area contributed by atoms with Crippen LogP contribution in [0.4, 0.5) is 0 Å². The molecule has 2 aromatic carbocycles. The predicted molar refractivity (Wildman–Crippen MR) is 110 cm³/mol. The summed E-state index contributed by atoms with van der Waals surface area (Å²) >= 11 is 0. The molecule has 1 unspecified atom stereocenters. The van der Waals surface area contributed by atoms with Crippen molar-refractivity contribution in [2.75, 3.05) is 20.2 Å². The highest BCUT2D eigenvalue weighted by Gasteiger charge is 2.18. The number of benzene rings is 2. The molecule has 0 aromatic heterocycles. The Morgan fingerprint density at radius 1 is 0.923 bits per heavy atom. The normalized spacial score (nSPS) is 18.0. The maximum Gasteiger partial charge on any atom is 0.122 e. The van der Waals surface area contributed by atoms with Gasteiger partial charge in [0.1, 0.15) is 5.75 Å². The molecule has 0 radical (unpaired) electrons. The van der Waals surface area contributed by atoms with Crippen LogP contribution in [-0.4, -0.2) is 31.1 Å². The minimum atomic E-state index is 0.696. The molecule has 26 heavy (non-hydrogen) atoms. The van der Waals surface area contributed by atoms with Crippen molar-refractivity contribution < 1.29 is 4.74 Å². The Kier molecular flexibility index (Phi) is 7.57. The Morgan fingerprint density at radius 3 is 2.54 bits per heavy atom. The van der Waals surface area contributed by atoms with Crippen LogP contribution >= 0.6 is 0 Å². The Bertz CT molecular complexity index is 640. The summed E-state index contributed by atoms with van der Waals surface area (Å²) in [6.07, 6.45) is 9.88. The van der Waals surface area contributed by atoms with Crippen LogP contribution in [0.2, 0.25) is 0 Å². The molecule has 1 aliphatic rings. The van der Waals surface area contributed by atoms with Gasteiger partial charge >= 0.3 is 0 Å². The van der Waals surface area contributed by atoms with Crippen molar-refractivity contribution in [3.8, 4) is 5.75 Å². The topological polar surface area (TPSA) is 12.5 Å². The second kappa shape index (κ2) is 10.4. The monoisotopic (exact) mass is 351 g/mol. The number of unbranched alkanes of at least 4 members (excludes halogenated alkanes) is 1. The van der Waals surface area contributed by atoms with Crippen molar-refractivity contribution in [3.05, 3.63) is 65.7 Å². The fraction of sp³-hybridized carbons (Fsp3) is 0.500. The van der Waals surface area contributed by atoms with Gasteiger partial charge in [-0.25, -0.2) is 0 Å². The van der Waals surface area contributed by atoms with Crippen molar-refractivity contribution >= 4 is 0 Å². The summed E-state index contributed by atoms with van der Waals surface area (Å²) in [6.45, 7) is 2.07. The maximum absolute atomic E-state index is 6.18. The molecule has 2 aromatic rings. The minimum Gasteiger partial charge on any atom is -0.493 e. The van der Waals surface area contributed by atoms with Crippen LogP contribution in [0.1, 0.15) is 49.7 Å². The van der Waals surface area contributed by atoms with Crippen LogP contribution < -0.4 is 4.74 Å². The Labute approximate surface area is 159 Å². The van der Waals surface area contributed by atoms with E-state index >= 15 is 0 Å². The summed E-state index contributed by atoms with van der Waals surface area (Å²) in [4.78, 5) is 2.50. The minimum absolute atomic E-state index is 0.696. The van der Waals surface area contributed by atoms with E-state index in [1.807, 2.05) is 0 Å². The van der Waals surface area contributed by atoms with E-state index in [0.717, 1.165) is 31.6 Å². The summed E-state index contributed by atoms with van der Waals surface area (Å²) in [7, 11) is 2.25. The van der Waals surface area contributed by atoms with Crippen molar-refractivity contribution in [1.29, 1.82) is 0 Å². The number of piperidine rings is 1. The molecule has 3 rings (SSSR count). The second-order valence-electron chi connectivity index (χ2n) is 7.57. The van der Waals surface area contributed by atoms with Crippen LogP contribution in [-0.2, 0) is 12.8 Å². The zero-order valence-corrected chi connectivity index (χ0v) is 16.2. The van der Waals surface area contributed by atoms with Crippen molar-refractivity contribution in [1.82, 2.24) is 4.90 Å². The largest absolute Gasteiger partial charge is 0.493 e. The first-order valence-corrected chi connectivity index (χ1v) is 10.3. The molecule has 2 heteroatoms. The molecule has 0 amide bonds. The van der Waals surface area contributed by atoms with E-state index < -0.39 is 0 Å². The van der Waals surface area contributed by atoms with Gasteiger partial charge in [-0.2, -0.15) is 0 Å². The number of ether oxygens (including phenoxy) is 1. The molecule has 140 valence electrons. The standard InChI is InChI=1S/C24H33NO/c1-25-19-10-9-16-23(25)18-20-26-24-17-8-7-15-22(24)14-6-5-13-21-11-3-2-4-12-21/h2-4,7-8,11-12,15,17,23H,5-6,9-10,13-14,16,18-20H2,1H3. The lowest BCUT2D eigenvalue weighted by atomic mass is 10.0. The maximum atomic E-state index is 6.18. The fourth-order valence-corrected chi connectivity index (χ4v) is 3.95. The third-order valence-electron chi connectivity index (χ3n) is 5.61. The summed E-state index contributed by atoms with van der Waals surface area (Å²) < 4.78 is 6.18. The van der Waals surface area contributed by atoms with Crippen LogP contribution in [0, 0.1) is 0 Å². The van der Waals surface area contributed by atoms with Gasteiger partial charge in [-0.15, -0.1) is 0 Å². The number of nitrogens with zero attached hydrogens (tertiary/aromatic N) is 1. The predicted octanol–water partition coefficient (Wildman–Crippen LogP) is 5.51. The summed E-state index contributed by atoms with van der Waals surface area (Å²) in [5.74, 6) is 1.09. The van der Waals surface area contributed by atoms with Gasteiger partial charge in [0.05, 0.1) is 6.61 Å². The summed E-state index contributed by atoms with van der Waals surface area (Å²) in [6, 6.07) is 20.1. The fourth-order valence-electron chi connectivity index (χ4n) is 3.95. The number of aryl methyl sites for hydroxylation is 2. The van der Waals surface area contributed by atoms with Crippen molar-refractivity contribution in [3.63, 3.8) is 0 Å². The second-order valence-corrected chi connectivity index (χ2v) is 7.57. The molecule has 2 nitrogen and oxygen atoms in total. The van der Waals surface area contributed by atoms with E-state index in [2.05, 4.69) is 66.5 Å². The van der Waals surface area contributed by atoms with Crippen LogP contribution in [0.25, 0.3) is 0 Å². The highest BCUT2D eigenvalue weighted by molar-refractivity contribution is 5.33. The number of hydrogen-bond donors (Lipinski definition) is 0. The summed E-state index contributed by atoms with van der Waals surface area (Å²) in [5.41, 5.74) is 2.80. The van der Waals surface area contributed by atoms with Gasteiger partial charge in [0.25, 0.3) is 0 Å².